The van der Waals surface area contributed by atoms with E-state index in [-0.39, 0.29) is 5.84 Å². The summed E-state index contributed by atoms with van der Waals surface area (Å²) < 4.78 is 9.97. The van der Waals surface area contributed by atoms with Gasteiger partial charge in [-0.25, -0.2) is 0 Å². The molecule has 1 heterocycles. The van der Waals surface area contributed by atoms with Gasteiger partial charge in [0.25, 0.3) is 0 Å². The first-order valence-electron chi connectivity index (χ1n) is 3.61. The smallest absolute Gasteiger partial charge is 0.151 e. The number of ether oxygens (including phenoxy) is 2. The van der Waals surface area contributed by atoms with Crippen LogP contribution >= 0.6 is 0 Å². The number of rotatable bonds is 3. The normalized spacial score (nSPS) is 9.38. The van der Waals surface area contributed by atoms with Gasteiger partial charge in [-0.05, 0) is 0 Å². The highest BCUT2D eigenvalue weighted by Crippen LogP contribution is 2.25. The highest BCUT2D eigenvalue weighted by molar-refractivity contribution is 6.00. The largest absolute Gasteiger partial charge is 0.494 e. The number of nitrogens with one attached hydrogen (secondary N) is 1. The maximum absolute atomic E-state index is 7.31. The van der Waals surface area contributed by atoms with Crippen LogP contribution in [0.3, 0.4) is 0 Å². The van der Waals surface area contributed by atoms with Crippen LogP contribution < -0.4 is 15.2 Å². The van der Waals surface area contributed by atoms with Crippen molar-refractivity contribution in [3.05, 3.63) is 18.0 Å². The quantitative estimate of drug-likeness (QED) is 0.522. The summed E-state index contributed by atoms with van der Waals surface area (Å²) in [6.07, 6.45) is 2.97. The van der Waals surface area contributed by atoms with Crippen molar-refractivity contribution in [3.63, 3.8) is 0 Å². The molecule has 0 saturated heterocycles. The van der Waals surface area contributed by atoms with E-state index in [9.17, 15) is 0 Å². The number of nitrogens with two attached hydrogens (primary N) is 1. The molecule has 13 heavy (non-hydrogen) atoms. The van der Waals surface area contributed by atoms with E-state index >= 15 is 0 Å². The van der Waals surface area contributed by atoms with E-state index < -0.39 is 0 Å². The Labute approximate surface area is 76.0 Å². The topological polar surface area (TPSA) is 81.2 Å². The van der Waals surface area contributed by atoms with Gasteiger partial charge in [0.15, 0.2) is 11.5 Å². The molecule has 5 heteroatoms. The van der Waals surface area contributed by atoms with Gasteiger partial charge >= 0.3 is 0 Å². The molecule has 0 unspecified atom stereocenters. The first-order valence-corrected chi connectivity index (χ1v) is 3.61. The number of nitrogen functional groups attached to an aromatic ring is 1. The lowest BCUT2D eigenvalue weighted by atomic mass is 10.2. The zero-order valence-corrected chi connectivity index (χ0v) is 7.50. The molecule has 0 radical (unpaired) electrons. The van der Waals surface area contributed by atoms with Crippen LogP contribution in [0.5, 0.6) is 11.5 Å². The van der Waals surface area contributed by atoms with Gasteiger partial charge in [-0.1, -0.05) is 0 Å². The van der Waals surface area contributed by atoms with Gasteiger partial charge in [0.1, 0.15) is 11.4 Å². The van der Waals surface area contributed by atoms with Crippen molar-refractivity contribution in [2.24, 2.45) is 5.73 Å². The van der Waals surface area contributed by atoms with E-state index in [1.165, 1.54) is 26.6 Å². The number of amidine groups is 1. The fourth-order valence-corrected chi connectivity index (χ4v) is 0.998. The maximum atomic E-state index is 7.31. The van der Waals surface area contributed by atoms with Gasteiger partial charge < -0.3 is 15.2 Å². The van der Waals surface area contributed by atoms with Gasteiger partial charge in [0, 0.05) is 0 Å². The van der Waals surface area contributed by atoms with Gasteiger partial charge in [0.05, 0.1) is 26.6 Å². The Morgan fingerprint density at radius 2 is 1.77 bits per heavy atom. The van der Waals surface area contributed by atoms with Gasteiger partial charge in [0.2, 0.25) is 0 Å². The standard InChI is InChI=1S/C8H11N3O2/c1-12-5-3-11-4-6(13-2)7(5)8(9)10/h3-4H,1-2H3,(H3,9,10). The van der Waals surface area contributed by atoms with Gasteiger partial charge in [-0.15, -0.1) is 0 Å². The number of hydrogen-bond acceptors (Lipinski definition) is 4. The van der Waals surface area contributed by atoms with Crippen LogP contribution in [0, 0.1) is 5.41 Å². The Balaban J connectivity index is 3.29. The highest BCUT2D eigenvalue weighted by Gasteiger charge is 2.12. The van der Waals surface area contributed by atoms with Crippen LogP contribution in [0.2, 0.25) is 0 Å². The molecule has 0 aromatic carbocycles. The van der Waals surface area contributed by atoms with Crippen LogP contribution in [-0.2, 0) is 0 Å². The zero-order chi connectivity index (χ0) is 9.84. The minimum Gasteiger partial charge on any atom is -0.494 e. The number of pyridine rings is 1. The van der Waals surface area contributed by atoms with Crippen LogP contribution in [0.1, 0.15) is 5.56 Å². The summed E-state index contributed by atoms with van der Waals surface area (Å²) in [5, 5.41) is 7.31. The van der Waals surface area contributed by atoms with E-state index in [0.717, 1.165) is 0 Å². The third kappa shape index (κ3) is 1.69. The Morgan fingerprint density at radius 1 is 1.31 bits per heavy atom. The monoisotopic (exact) mass is 181 g/mol. The molecule has 0 aliphatic heterocycles. The minimum atomic E-state index is -0.101. The summed E-state index contributed by atoms with van der Waals surface area (Å²) in [6, 6.07) is 0. The summed E-state index contributed by atoms with van der Waals surface area (Å²) in [7, 11) is 2.98. The van der Waals surface area contributed by atoms with E-state index in [0.29, 0.717) is 17.1 Å². The fourth-order valence-electron chi connectivity index (χ4n) is 0.998. The lowest BCUT2D eigenvalue weighted by Gasteiger charge is -2.09. The summed E-state index contributed by atoms with van der Waals surface area (Å²) in [5.74, 6) is 0.773. The Hall–Kier alpha value is -1.78. The summed E-state index contributed by atoms with van der Waals surface area (Å²) in [4.78, 5) is 3.87. The Bertz CT molecular complexity index is 303. The van der Waals surface area contributed by atoms with Crippen molar-refractivity contribution >= 4 is 5.84 Å². The van der Waals surface area contributed by atoms with E-state index in [1.807, 2.05) is 0 Å². The van der Waals surface area contributed by atoms with Crippen LogP contribution in [0.15, 0.2) is 12.4 Å². The molecule has 1 aromatic rings. The third-order valence-corrected chi connectivity index (χ3v) is 1.59. The number of nitrogens with zero attached hydrogens (tertiary/aromatic N) is 1. The first kappa shape index (κ1) is 9.31. The fraction of sp³-hybridized carbons (Fsp3) is 0.250. The van der Waals surface area contributed by atoms with Crippen LogP contribution in [0.4, 0.5) is 0 Å². The molecule has 0 spiro atoms. The van der Waals surface area contributed by atoms with E-state index in [1.54, 1.807) is 0 Å². The molecule has 1 aromatic heterocycles. The molecule has 0 aliphatic rings. The molecular formula is C8H11N3O2. The molecule has 70 valence electrons. The second-order valence-corrected chi connectivity index (χ2v) is 2.33. The van der Waals surface area contributed by atoms with Crippen molar-refractivity contribution in [1.29, 1.82) is 5.41 Å². The average molecular weight is 181 g/mol. The lowest BCUT2D eigenvalue weighted by Crippen LogP contribution is -2.14. The summed E-state index contributed by atoms with van der Waals surface area (Å²) in [5.41, 5.74) is 5.79. The molecule has 0 fully saturated rings. The van der Waals surface area contributed by atoms with Crippen molar-refractivity contribution in [2.75, 3.05) is 14.2 Å². The van der Waals surface area contributed by atoms with Gasteiger partial charge in [-0.2, -0.15) is 0 Å². The molecule has 0 amide bonds. The zero-order valence-electron chi connectivity index (χ0n) is 7.50. The first-order chi connectivity index (χ1) is 6.20. The summed E-state index contributed by atoms with van der Waals surface area (Å²) in [6.45, 7) is 0. The predicted octanol–water partition coefficient (Wildman–Crippen LogP) is 0.383. The van der Waals surface area contributed by atoms with Gasteiger partial charge in [-0.3, -0.25) is 10.4 Å². The molecule has 1 rings (SSSR count). The van der Waals surface area contributed by atoms with Crippen molar-refractivity contribution < 1.29 is 9.47 Å². The molecule has 0 aliphatic carbocycles. The third-order valence-electron chi connectivity index (χ3n) is 1.59. The average Bonchev–Trinajstić information content (AvgIpc) is 2.16. The number of methoxy groups -OCH3 is 2. The highest BCUT2D eigenvalue weighted by atomic mass is 16.5. The second-order valence-electron chi connectivity index (χ2n) is 2.33. The SMILES string of the molecule is COc1cncc(OC)c1C(=N)N. The molecule has 0 saturated carbocycles. The number of aromatic nitrogens is 1. The molecule has 5 nitrogen and oxygen atoms in total. The molecule has 0 atom stereocenters. The number of hydrogen-bond donors (Lipinski definition) is 2. The maximum Gasteiger partial charge on any atom is 0.151 e. The van der Waals surface area contributed by atoms with Crippen molar-refractivity contribution in [2.45, 2.75) is 0 Å². The summed E-state index contributed by atoms with van der Waals surface area (Å²) >= 11 is 0. The van der Waals surface area contributed by atoms with Crippen molar-refractivity contribution in [1.82, 2.24) is 4.98 Å². The van der Waals surface area contributed by atoms with Crippen LogP contribution in [0.25, 0.3) is 0 Å². The predicted molar refractivity (Wildman–Crippen MR) is 48.4 cm³/mol. The Morgan fingerprint density at radius 3 is 2.08 bits per heavy atom. The molecular weight excluding hydrogens is 170 g/mol. The Kier molecular flexibility index (Phi) is 2.69. The molecule has 0 bridgehead atoms. The lowest BCUT2D eigenvalue weighted by molar-refractivity contribution is 0.389. The molecule has 3 N–H and O–H groups in total. The second kappa shape index (κ2) is 3.75. The minimum absolute atomic E-state index is 0.101. The van der Waals surface area contributed by atoms with Crippen molar-refractivity contribution in [3.8, 4) is 11.5 Å². The van der Waals surface area contributed by atoms with E-state index in [4.69, 9.17) is 20.6 Å². The van der Waals surface area contributed by atoms with Crippen LogP contribution in [-0.4, -0.2) is 25.0 Å². The van der Waals surface area contributed by atoms with E-state index in [2.05, 4.69) is 4.98 Å².